The van der Waals surface area contributed by atoms with Crippen LogP contribution in [0.15, 0.2) is 52.0 Å². The molecule has 0 aliphatic carbocycles. The number of nitrogens with one attached hydrogen (secondary N) is 1. The second-order valence-electron chi connectivity index (χ2n) is 3.87. The number of benzene rings is 2. The zero-order valence-corrected chi connectivity index (χ0v) is 13.2. The Hall–Kier alpha value is -1.36. The maximum Gasteiger partial charge on any atom is 0.271 e. The second-order valence-corrected chi connectivity index (χ2v) is 5.63. The van der Waals surface area contributed by atoms with Gasteiger partial charge in [-0.15, -0.1) is 0 Å². The molecule has 1 N–H and O–H groups in total. The highest BCUT2D eigenvalue weighted by Crippen LogP contribution is 2.19. The van der Waals surface area contributed by atoms with Crippen LogP contribution in [0.2, 0.25) is 10.0 Å². The van der Waals surface area contributed by atoms with Crippen LogP contribution in [0.25, 0.3) is 0 Å². The van der Waals surface area contributed by atoms with Crippen molar-refractivity contribution >= 4 is 51.3 Å². The van der Waals surface area contributed by atoms with Gasteiger partial charge < -0.3 is 0 Å². The minimum atomic E-state index is -0.293. The van der Waals surface area contributed by atoms with Gasteiger partial charge in [-0.2, -0.15) is 5.10 Å². The molecule has 0 saturated heterocycles. The molecule has 2 aromatic carbocycles. The Balaban J connectivity index is 2.02. The Morgan fingerprint density at radius 2 is 1.85 bits per heavy atom. The molecule has 2 rings (SSSR count). The quantitative estimate of drug-likeness (QED) is 0.625. The predicted molar refractivity (Wildman–Crippen MR) is 85.7 cm³/mol. The van der Waals surface area contributed by atoms with Crippen molar-refractivity contribution in [2.45, 2.75) is 0 Å². The summed E-state index contributed by atoms with van der Waals surface area (Å²) in [5.41, 5.74) is 3.63. The van der Waals surface area contributed by atoms with Gasteiger partial charge in [0.05, 0.1) is 11.2 Å². The maximum absolute atomic E-state index is 11.8. The number of rotatable bonds is 3. The van der Waals surface area contributed by atoms with E-state index in [0.29, 0.717) is 21.2 Å². The number of hydrogen-bond acceptors (Lipinski definition) is 2. The van der Waals surface area contributed by atoms with Crippen molar-refractivity contribution in [1.29, 1.82) is 0 Å². The van der Waals surface area contributed by atoms with Crippen LogP contribution >= 0.6 is 39.1 Å². The average molecular weight is 372 g/mol. The molecule has 20 heavy (non-hydrogen) atoms. The van der Waals surface area contributed by atoms with E-state index in [9.17, 15) is 4.79 Å². The Morgan fingerprint density at radius 3 is 2.50 bits per heavy atom. The van der Waals surface area contributed by atoms with Crippen LogP contribution in [0.5, 0.6) is 0 Å². The Kier molecular flexibility index (Phi) is 5.17. The van der Waals surface area contributed by atoms with Crippen molar-refractivity contribution in [1.82, 2.24) is 5.43 Å². The van der Waals surface area contributed by atoms with Gasteiger partial charge in [-0.05, 0) is 36.4 Å². The fourth-order valence-electron chi connectivity index (χ4n) is 1.43. The van der Waals surface area contributed by atoms with Gasteiger partial charge in [0.25, 0.3) is 5.91 Å². The van der Waals surface area contributed by atoms with E-state index in [4.69, 9.17) is 23.2 Å². The molecule has 0 bridgehead atoms. The summed E-state index contributed by atoms with van der Waals surface area (Å²) >= 11 is 15.1. The van der Waals surface area contributed by atoms with Crippen molar-refractivity contribution in [2.24, 2.45) is 5.10 Å². The third-order valence-electron chi connectivity index (χ3n) is 2.44. The molecule has 0 aliphatic rings. The maximum atomic E-state index is 11.8. The summed E-state index contributed by atoms with van der Waals surface area (Å²) in [5, 5.41) is 4.89. The molecule has 0 atom stereocenters. The van der Waals surface area contributed by atoms with Crippen molar-refractivity contribution in [3.8, 4) is 0 Å². The van der Waals surface area contributed by atoms with Gasteiger partial charge in [0.15, 0.2) is 0 Å². The number of amides is 1. The fourth-order valence-corrected chi connectivity index (χ4v) is 2.15. The van der Waals surface area contributed by atoms with Crippen LogP contribution in [0.3, 0.4) is 0 Å². The zero-order valence-electron chi connectivity index (χ0n) is 10.1. The molecule has 2 aromatic rings. The van der Waals surface area contributed by atoms with Gasteiger partial charge >= 0.3 is 0 Å². The number of nitrogens with zero attached hydrogens (tertiary/aromatic N) is 1. The third-order valence-corrected chi connectivity index (χ3v) is 3.53. The number of hydrogen-bond donors (Lipinski definition) is 1. The molecule has 0 radical (unpaired) electrons. The second kappa shape index (κ2) is 6.88. The summed E-state index contributed by atoms with van der Waals surface area (Å²) in [5.74, 6) is -0.293. The van der Waals surface area contributed by atoms with Crippen LogP contribution in [-0.2, 0) is 0 Å². The normalized spacial score (nSPS) is 10.8. The van der Waals surface area contributed by atoms with Crippen LogP contribution < -0.4 is 5.43 Å². The Labute approximate surface area is 134 Å². The number of carbonyl (C=O) groups excluding carboxylic acids is 1. The average Bonchev–Trinajstić information content (AvgIpc) is 2.42. The third kappa shape index (κ3) is 4.07. The van der Waals surface area contributed by atoms with E-state index in [2.05, 4.69) is 26.5 Å². The molecule has 0 aromatic heterocycles. The molecule has 6 heteroatoms. The van der Waals surface area contributed by atoms with Crippen LogP contribution in [0.4, 0.5) is 0 Å². The summed E-state index contributed by atoms with van der Waals surface area (Å²) in [6.07, 6.45) is 1.47. The van der Waals surface area contributed by atoms with Crippen molar-refractivity contribution in [3.63, 3.8) is 0 Å². The van der Waals surface area contributed by atoms with Gasteiger partial charge in [-0.3, -0.25) is 4.79 Å². The Bertz CT molecular complexity index is 657. The highest BCUT2D eigenvalue weighted by Gasteiger charge is 2.03. The first-order valence-corrected chi connectivity index (χ1v) is 7.15. The molecule has 3 nitrogen and oxygen atoms in total. The molecule has 0 saturated carbocycles. The first-order valence-electron chi connectivity index (χ1n) is 5.60. The molecular weight excluding hydrogens is 363 g/mol. The lowest BCUT2D eigenvalue weighted by atomic mass is 10.2. The van der Waals surface area contributed by atoms with Crippen molar-refractivity contribution in [2.75, 3.05) is 0 Å². The molecule has 0 fully saturated rings. The fraction of sp³-hybridized carbons (Fsp3) is 0. The standard InChI is InChI=1S/C14H9BrCl2N2O/c15-11-4-1-9(2-5-11)14(20)19-18-8-10-3-6-12(16)7-13(10)17/h1-8H,(H,19,20)/b18-8+. The largest absolute Gasteiger partial charge is 0.271 e. The monoisotopic (exact) mass is 370 g/mol. The van der Waals surface area contributed by atoms with E-state index < -0.39 is 0 Å². The molecule has 0 aliphatic heterocycles. The molecule has 0 heterocycles. The lowest BCUT2D eigenvalue weighted by Crippen LogP contribution is -2.17. The lowest BCUT2D eigenvalue weighted by molar-refractivity contribution is 0.0955. The SMILES string of the molecule is O=C(N/N=C/c1ccc(Cl)cc1Cl)c1ccc(Br)cc1. The predicted octanol–water partition coefficient (Wildman–Crippen LogP) is 4.52. The number of carbonyl (C=O) groups is 1. The summed E-state index contributed by atoms with van der Waals surface area (Å²) in [7, 11) is 0. The van der Waals surface area contributed by atoms with E-state index >= 15 is 0 Å². The molecule has 1 amide bonds. The van der Waals surface area contributed by atoms with Gasteiger partial charge in [-0.1, -0.05) is 45.2 Å². The van der Waals surface area contributed by atoms with Crippen LogP contribution in [0, 0.1) is 0 Å². The lowest BCUT2D eigenvalue weighted by Gasteiger charge is -2.01. The molecule has 102 valence electrons. The van der Waals surface area contributed by atoms with Gasteiger partial charge in [0.1, 0.15) is 0 Å². The van der Waals surface area contributed by atoms with E-state index in [1.54, 1.807) is 42.5 Å². The van der Waals surface area contributed by atoms with Crippen LogP contribution in [-0.4, -0.2) is 12.1 Å². The summed E-state index contributed by atoms with van der Waals surface area (Å²) in [6, 6.07) is 12.0. The zero-order chi connectivity index (χ0) is 14.5. The van der Waals surface area contributed by atoms with E-state index in [1.165, 1.54) is 6.21 Å². The number of hydrazone groups is 1. The van der Waals surface area contributed by atoms with Crippen molar-refractivity contribution < 1.29 is 4.79 Å². The van der Waals surface area contributed by atoms with Crippen molar-refractivity contribution in [3.05, 3.63) is 68.1 Å². The molecule has 0 spiro atoms. The highest BCUT2D eigenvalue weighted by atomic mass is 79.9. The smallest absolute Gasteiger partial charge is 0.267 e. The summed E-state index contributed by atoms with van der Waals surface area (Å²) < 4.78 is 0.908. The summed E-state index contributed by atoms with van der Waals surface area (Å²) in [4.78, 5) is 11.8. The Morgan fingerprint density at radius 1 is 1.15 bits per heavy atom. The van der Waals surface area contributed by atoms with E-state index in [1.807, 2.05) is 0 Å². The van der Waals surface area contributed by atoms with Gasteiger partial charge in [0.2, 0.25) is 0 Å². The number of halogens is 3. The first kappa shape index (κ1) is 15.0. The molecule has 0 unspecified atom stereocenters. The van der Waals surface area contributed by atoms with Gasteiger partial charge in [-0.25, -0.2) is 5.43 Å². The van der Waals surface area contributed by atoms with E-state index in [-0.39, 0.29) is 5.91 Å². The first-order chi connectivity index (χ1) is 9.56. The van der Waals surface area contributed by atoms with E-state index in [0.717, 1.165) is 4.47 Å². The molecular formula is C14H9BrCl2N2O. The minimum Gasteiger partial charge on any atom is -0.267 e. The van der Waals surface area contributed by atoms with Crippen LogP contribution in [0.1, 0.15) is 15.9 Å². The van der Waals surface area contributed by atoms with Gasteiger partial charge in [0, 0.05) is 20.6 Å². The minimum absolute atomic E-state index is 0.293. The topological polar surface area (TPSA) is 41.5 Å². The summed E-state index contributed by atoms with van der Waals surface area (Å²) in [6.45, 7) is 0. The highest BCUT2D eigenvalue weighted by molar-refractivity contribution is 9.10.